The largest absolute Gasteiger partial charge is 0.370 e. The maximum atomic E-state index is 4.33. The van der Waals surface area contributed by atoms with E-state index in [1.807, 2.05) is 13.1 Å². The molecule has 2 aromatic rings. The van der Waals surface area contributed by atoms with E-state index < -0.39 is 0 Å². The van der Waals surface area contributed by atoms with Gasteiger partial charge in [0, 0.05) is 23.2 Å². The molecule has 2 heterocycles. The molecular formula is C13H19N5S. The van der Waals surface area contributed by atoms with Gasteiger partial charge >= 0.3 is 0 Å². The molecule has 0 radical (unpaired) electrons. The SMILES string of the molecule is CCCNc1ncnc(NCc2ncc(C)s2)c1C. The highest BCUT2D eigenvalue weighted by Crippen LogP contribution is 2.19. The van der Waals surface area contributed by atoms with Gasteiger partial charge in [-0.3, -0.25) is 0 Å². The molecule has 0 saturated carbocycles. The van der Waals surface area contributed by atoms with Crippen LogP contribution in [0.5, 0.6) is 0 Å². The first-order chi connectivity index (χ1) is 9.20. The van der Waals surface area contributed by atoms with Crippen LogP contribution < -0.4 is 10.6 Å². The van der Waals surface area contributed by atoms with Crippen molar-refractivity contribution in [1.82, 2.24) is 15.0 Å². The lowest BCUT2D eigenvalue weighted by Crippen LogP contribution is -2.08. The summed E-state index contributed by atoms with van der Waals surface area (Å²) in [6.07, 6.45) is 4.55. The summed E-state index contributed by atoms with van der Waals surface area (Å²) in [6.45, 7) is 7.83. The van der Waals surface area contributed by atoms with Gasteiger partial charge in [0.2, 0.25) is 0 Å². The fourth-order valence-corrected chi connectivity index (χ4v) is 2.42. The minimum atomic E-state index is 0.698. The number of aromatic nitrogens is 3. The Kier molecular flexibility index (Phi) is 4.68. The third-order valence-electron chi connectivity index (χ3n) is 2.70. The number of hydrogen-bond donors (Lipinski definition) is 2. The summed E-state index contributed by atoms with van der Waals surface area (Å²) in [6, 6.07) is 0. The Balaban J connectivity index is 2.03. The Bertz CT molecular complexity index is 538. The lowest BCUT2D eigenvalue weighted by molar-refractivity contribution is 0.956. The Morgan fingerprint density at radius 2 is 1.84 bits per heavy atom. The van der Waals surface area contributed by atoms with Gasteiger partial charge < -0.3 is 10.6 Å². The number of nitrogens with zero attached hydrogens (tertiary/aromatic N) is 3. The molecule has 0 amide bonds. The van der Waals surface area contributed by atoms with Crippen LogP contribution in [0.1, 0.15) is 28.8 Å². The van der Waals surface area contributed by atoms with Crippen molar-refractivity contribution in [1.29, 1.82) is 0 Å². The molecule has 0 aliphatic carbocycles. The molecule has 2 rings (SSSR count). The van der Waals surface area contributed by atoms with E-state index in [9.17, 15) is 0 Å². The van der Waals surface area contributed by atoms with E-state index >= 15 is 0 Å². The van der Waals surface area contributed by atoms with Crippen molar-refractivity contribution in [3.63, 3.8) is 0 Å². The third-order valence-corrected chi connectivity index (χ3v) is 3.62. The Morgan fingerprint density at radius 1 is 1.11 bits per heavy atom. The molecule has 0 fully saturated rings. The lowest BCUT2D eigenvalue weighted by Gasteiger charge is -2.11. The number of anilines is 2. The fourth-order valence-electron chi connectivity index (χ4n) is 1.69. The summed E-state index contributed by atoms with van der Waals surface area (Å²) in [7, 11) is 0. The first-order valence-corrected chi connectivity index (χ1v) is 7.23. The smallest absolute Gasteiger partial charge is 0.134 e. The molecule has 102 valence electrons. The predicted molar refractivity (Wildman–Crippen MR) is 79.7 cm³/mol. The molecule has 0 bridgehead atoms. The van der Waals surface area contributed by atoms with E-state index in [4.69, 9.17) is 0 Å². The lowest BCUT2D eigenvalue weighted by atomic mass is 10.3. The Labute approximate surface area is 117 Å². The highest BCUT2D eigenvalue weighted by molar-refractivity contribution is 7.11. The number of nitrogens with one attached hydrogen (secondary N) is 2. The number of hydrogen-bond acceptors (Lipinski definition) is 6. The number of rotatable bonds is 6. The van der Waals surface area contributed by atoms with Gasteiger partial charge in [0.1, 0.15) is 23.0 Å². The Hall–Kier alpha value is -1.69. The van der Waals surface area contributed by atoms with Gasteiger partial charge in [-0.15, -0.1) is 11.3 Å². The van der Waals surface area contributed by atoms with E-state index in [0.29, 0.717) is 6.54 Å². The van der Waals surface area contributed by atoms with Crippen LogP contribution in [0, 0.1) is 13.8 Å². The molecule has 0 aliphatic heterocycles. The summed E-state index contributed by atoms with van der Waals surface area (Å²) < 4.78 is 0. The van der Waals surface area contributed by atoms with E-state index in [1.54, 1.807) is 17.7 Å². The maximum absolute atomic E-state index is 4.33. The van der Waals surface area contributed by atoms with Crippen LogP contribution in [0.2, 0.25) is 0 Å². The van der Waals surface area contributed by atoms with Gasteiger partial charge in [-0.25, -0.2) is 15.0 Å². The highest BCUT2D eigenvalue weighted by Gasteiger charge is 2.07. The normalized spacial score (nSPS) is 10.5. The summed E-state index contributed by atoms with van der Waals surface area (Å²) in [5.41, 5.74) is 1.05. The summed E-state index contributed by atoms with van der Waals surface area (Å²) in [4.78, 5) is 14.1. The monoisotopic (exact) mass is 277 g/mol. The molecule has 19 heavy (non-hydrogen) atoms. The van der Waals surface area contributed by atoms with Crippen LogP contribution in [-0.4, -0.2) is 21.5 Å². The summed E-state index contributed by atoms with van der Waals surface area (Å²) in [5, 5.41) is 7.69. The van der Waals surface area contributed by atoms with Crippen molar-refractivity contribution in [2.45, 2.75) is 33.7 Å². The number of aryl methyl sites for hydroxylation is 1. The van der Waals surface area contributed by atoms with Gasteiger partial charge in [0.05, 0.1) is 6.54 Å². The van der Waals surface area contributed by atoms with Crippen LogP contribution in [-0.2, 0) is 6.54 Å². The second-order valence-corrected chi connectivity index (χ2v) is 5.66. The minimum Gasteiger partial charge on any atom is -0.370 e. The standard InChI is InChI=1S/C13H19N5S/c1-4-5-14-12-10(3)13(18-8-17-12)16-7-11-15-6-9(2)19-11/h6,8H,4-5,7H2,1-3H3,(H2,14,16,17,18). The van der Waals surface area contributed by atoms with Crippen LogP contribution in [0.15, 0.2) is 12.5 Å². The van der Waals surface area contributed by atoms with E-state index in [1.165, 1.54) is 4.88 Å². The third kappa shape index (κ3) is 3.64. The van der Waals surface area contributed by atoms with Crippen LogP contribution in [0.25, 0.3) is 0 Å². The molecule has 0 aromatic carbocycles. The van der Waals surface area contributed by atoms with E-state index in [2.05, 4.69) is 39.4 Å². The minimum absolute atomic E-state index is 0.698. The predicted octanol–water partition coefficient (Wildman–Crippen LogP) is 2.98. The molecule has 2 N–H and O–H groups in total. The number of thiazole rings is 1. The van der Waals surface area contributed by atoms with Crippen molar-refractivity contribution in [3.05, 3.63) is 28.0 Å². The zero-order valence-corrected chi connectivity index (χ0v) is 12.3. The molecule has 0 atom stereocenters. The van der Waals surface area contributed by atoms with Gasteiger partial charge in [0.15, 0.2) is 0 Å². The fraction of sp³-hybridized carbons (Fsp3) is 0.462. The first kappa shape index (κ1) is 13.7. The van der Waals surface area contributed by atoms with Crippen molar-refractivity contribution in [2.24, 2.45) is 0 Å². The molecule has 0 unspecified atom stereocenters. The van der Waals surface area contributed by atoms with Crippen molar-refractivity contribution >= 4 is 23.0 Å². The van der Waals surface area contributed by atoms with Gasteiger partial charge in [-0.1, -0.05) is 6.92 Å². The average molecular weight is 277 g/mol. The van der Waals surface area contributed by atoms with Gasteiger partial charge in [-0.2, -0.15) is 0 Å². The zero-order chi connectivity index (χ0) is 13.7. The quantitative estimate of drug-likeness (QED) is 0.850. The second kappa shape index (κ2) is 6.47. The van der Waals surface area contributed by atoms with Crippen LogP contribution in [0.4, 0.5) is 11.6 Å². The van der Waals surface area contributed by atoms with E-state index in [-0.39, 0.29) is 0 Å². The average Bonchev–Trinajstić information content (AvgIpc) is 2.82. The molecule has 2 aromatic heterocycles. The Morgan fingerprint density at radius 3 is 2.47 bits per heavy atom. The van der Waals surface area contributed by atoms with Crippen molar-refractivity contribution < 1.29 is 0 Å². The molecular weight excluding hydrogens is 258 g/mol. The van der Waals surface area contributed by atoms with Crippen LogP contribution >= 0.6 is 11.3 Å². The van der Waals surface area contributed by atoms with Gasteiger partial charge in [0.25, 0.3) is 0 Å². The van der Waals surface area contributed by atoms with E-state index in [0.717, 1.165) is 35.2 Å². The maximum Gasteiger partial charge on any atom is 0.134 e. The zero-order valence-electron chi connectivity index (χ0n) is 11.5. The van der Waals surface area contributed by atoms with Crippen molar-refractivity contribution in [3.8, 4) is 0 Å². The first-order valence-electron chi connectivity index (χ1n) is 6.41. The topological polar surface area (TPSA) is 62.7 Å². The molecule has 6 heteroatoms. The molecule has 0 aliphatic rings. The molecule has 0 spiro atoms. The van der Waals surface area contributed by atoms with Crippen molar-refractivity contribution in [2.75, 3.05) is 17.2 Å². The molecule has 5 nitrogen and oxygen atoms in total. The summed E-state index contributed by atoms with van der Waals surface area (Å²) >= 11 is 1.70. The van der Waals surface area contributed by atoms with Crippen LogP contribution in [0.3, 0.4) is 0 Å². The summed E-state index contributed by atoms with van der Waals surface area (Å²) in [5.74, 6) is 1.76. The highest BCUT2D eigenvalue weighted by atomic mass is 32.1. The van der Waals surface area contributed by atoms with Gasteiger partial charge in [-0.05, 0) is 20.3 Å². The molecule has 0 saturated heterocycles. The second-order valence-electron chi connectivity index (χ2n) is 4.34.